The molecule has 0 aliphatic carbocycles. The van der Waals surface area contributed by atoms with Crippen LogP contribution in [0.4, 0.5) is 30.6 Å². The number of fused-ring (bicyclic) bond motifs is 1. The van der Waals surface area contributed by atoms with E-state index in [1.54, 1.807) is 23.4 Å². The number of halogens is 4. The predicted octanol–water partition coefficient (Wildman–Crippen LogP) is 4.29. The predicted molar refractivity (Wildman–Crippen MR) is 97.8 cm³/mol. The number of hydrogen-bond acceptors (Lipinski definition) is 5. The van der Waals surface area contributed by atoms with Crippen LogP contribution in [0.2, 0.25) is 0 Å². The fraction of sp³-hybridized carbons (Fsp3) is 0.235. The molecule has 140 valence electrons. The zero-order valence-corrected chi connectivity index (χ0v) is 15.5. The second kappa shape index (κ2) is 6.84. The summed E-state index contributed by atoms with van der Waals surface area (Å²) in [5.74, 6) is -0.0400. The summed E-state index contributed by atoms with van der Waals surface area (Å²) in [5.41, 5.74) is 1.49. The molecule has 0 fully saturated rings. The molecule has 3 heterocycles. The summed E-state index contributed by atoms with van der Waals surface area (Å²) < 4.78 is 41.3. The van der Waals surface area contributed by atoms with Gasteiger partial charge in [-0.3, -0.25) is 0 Å². The number of anilines is 3. The van der Waals surface area contributed by atoms with Crippen LogP contribution in [0.3, 0.4) is 0 Å². The molecule has 2 N–H and O–H groups in total. The van der Waals surface area contributed by atoms with Gasteiger partial charge in [0.1, 0.15) is 11.4 Å². The second-order valence-corrected chi connectivity index (χ2v) is 6.98. The Morgan fingerprint density at radius 3 is 2.85 bits per heavy atom. The van der Waals surface area contributed by atoms with Crippen LogP contribution in [0.5, 0.6) is 0 Å². The van der Waals surface area contributed by atoms with Crippen LogP contribution in [-0.4, -0.2) is 26.5 Å². The normalized spacial score (nSPS) is 14.1. The number of H-pyrrole nitrogens is 1. The topological polar surface area (TPSA) is 69.7 Å². The lowest BCUT2D eigenvalue weighted by Crippen LogP contribution is -2.33. The van der Waals surface area contributed by atoms with Crippen LogP contribution in [0.1, 0.15) is 17.0 Å². The molecular formula is C17H14BrF3N6. The van der Waals surface area contributed by atoms with Gasteiger partial charge in [-0.1, -0.05) is 22.0 Å². The summed E-state index contributed by atoms with van der Waals surface area (Å²) >= 11 is 3.35. The Kier molecular flexibility index (Phi) is 4.50. The Bertz CT molecular complexity index is 971. The van der Waals surface area contributed by atoms with Crippen molar-refractivity contribution in [3.05, 3.63) is 58.2 Å². The zero-order chi connectivity index (χ0) is 19.0. The Hall–Kier alpha value is -2.62. The van der Waals surface area contributed by atoms with Gasteiger partial charge < -0.3 is 15.2 Å². The van der Waals surface area contributed by atoms with E-state index in [0.29, 0.717) is 18.7 Å². The highest BCUT2D eigenvalue weighted by molar-refractivity contribution is 9.10. The minimum absolute atomic E-state index is 0.103. The molecule has 2 aromatic heterocycles. The Balaban J connectivity index is 1.69. The summed E-state index contributed by atoms with van der Waals surface area (Å²) in [6.45, 7) is 0.681. The number of imidazole rings is 1. The van der Waals surface area contributed by atoms with Crippen LogP contribution in [0.15, 0.2) is 41.3 Å². The van der Waals surface area contributed by atoms with Crippen molar-refractivity contribution >= 4 is 33.4 Å². The van der Waals surface area contributed by atoms with Gasteiger partial charge in [-0.2, -0.15) is 18.2 Å². The van der Waals surface area contributed by atoms with E-state index in [1.807, 2.05) is 12.1 Å². The molecule has 0 amide bonds. The number of hydrogen-bond donors (Lipinski definition) is 2. The maximum atomic E-state index is 13.5. The van der Waals surface area contributed by atoms with E-state index < -0.39 is 11.7 Å². The molecule has 0 spiro atoms. The summed E-state index contributed by atoms with van der Waals surface area (Å²) in [6.07, 6.45) is -1.61. The van der Waals surface area contributed by atoms with Crippen LogP contribution in [-0.2, 0) is 19.1 Å². The average molecular weight is 439 g/mol. The van der Waals surface area contributed by atoms with Crippen LogP contribution >= 0.6 is 15.9 Å². The molecule has 10 heteroatoms. The first kappa shape index (κ1) is 17.8. The summed E-state index contributed by atoms with van der Waals surface area (Å²) in [4.78, 5) is 16.8. The van der Waals surface area contributed by atoms with E-state index in [9.17, 15) is 13.2 Å². The van der Waals surface area contributed by atoms with Gasteiger partial charge in [0.25, 0.3) is 0 Å². The van der Waals surface area contributed by atoms with Crippen molar-refractivity contribution < 1.29 is 13.2 Å². The highest BCUT2D eigenvalue weighted by atomic mass is 79.9. The maximum absolute atomic E-state index is 13.5. The van der Waals surface area contributed by atoms with E-state index in [2.05, 4.69) is 41.2 Å². The van der Waals surface area contributed by atoms with Crippen molar-refractivity contribution in [1.29, 1.82) is 0 Å². The van der Waals surface area contributed by atoms with E-state index in [1.165, 1.54) is 0 Å². The lowest BCUT2D eigenvalue weighted by molar-refractivity contribution is -0.137. The van der Waals surface area contributed by atoms with E-state index in [-0.39, 0.29) is 18.3 Å². The fourth-order valence-electron chi connectivity index (χ4n) is 2.96. The van der Waals surface area contributed by atoms with Crippen LogP contribution in [0, 0.1) is 0 Å². The summed E-state index contributed by atoms with van der Waals surface area (Å²) in [7, 11) is 0. The standard InChI is InChI=1S/C17H14BrF3N6/c18-10-2-1-3-11(6-10)25-16-22-7-12(17(19,20)21)15(26-16)27-5-4-13-14(8-27)24-9-23-13/h1-3,6-7,9H,4-5,8H2,(H,23,24)(H,22,25,26). The van der Waals surface area contributed by atoms with E-state index in [4.69, 9.17) is 0 Å². The SMILES string of the molecule is FC(F)(F)c1cnc(Nc2cccc(Br)c2)nc1N1CCc2nc[nH]c2C1. The number of nitrogens with one attached hydrogen (secondary N) is 2. The molecule has 0 bridgehead atoms. The Morgan fingerprint density at radius 2 is 2.07 bits per heavy atom. The van der Waals surface area contributed by atoms with Crippen molar-refractivity contribution in [3.8, 4) is 0 Å². The van der Waals surface area contributed by atoms with Gasteiger partial charge in [-0.25, -0.2) is 9.97 Å². The highest BCUT2D eigenvalue weighted by Gasteiger charge is 2.37. The number of nitrogens with zero attached hydrogens (tertiary/aromatic N) is 4. The molecule has 0 radical (unpaired) electrons. The molecule has 27 heavy (non-hydrogen) atoms. The van der Waals surface area contributed by atoms with Gasteiger partial charge in [-0.05, 0) is 18.2 Å². The maximum Gasteiger partial charge on any atom is 0.421 e. The molecule has 0 saturated carbocycles. The van der Waals surface area contributed by atoms with E-state index >= 15 is 0 Å². The van der Waals surface area contributed by atoms with Crippen LogP contribution < -0.4 is 10.2 Å². The summed E-state index contributed by atoms with van der Waals surface area (Å²) in [6, 6.07) is 7.23. The third-order valence-corrected chi connectivity index (χ3v) is 4.72. The molecule has 1 aliphatic heterocycles. The number of rotatable bonds is 3. The minimum Gasteiger partial charge on any atom is -0.350 e. The molecule has 1 aromatic carbocycles. The number of benzene rings is 1. The van der Waals surface area contributed by atoms with Crippen LogP contribution in [0.25, 0.3) is 0 Å². The fourth-order valence-corrected chi connectivity index (χ4v) is 3.36. The van der Waals surface area contributed by atoms with Gasteiger partial charge in [0.15, 0.2) is 0 Å². The van der Waals surface area contributed by atoms with Gasteiger partial charge in [0.05, 0.1) is 24.3 Å². The first-order valence-electron chi connectivity index (χ1n) is 8.13. The first-order valence-corrected chi connectivity index (χ1v) is 8.92. The zero-order valence-electron chi connectivity index (χ0n) is 13.9. The summed E-state index contributed by atoms with van der Waals surface area (Å²) in [5, 5.41) is 2.95. The molecule has 0 unspecified atom stereocenters. The van der Waals surface area contributed by atoms with Crippen molar-refractivity contribution in [2.45, 2.75) is 19.1 Å². The first-order chi connectivity index (χ1) is 12.9. The van der Waals surface area contributed by atoms with Gasteiger partial charge in [-0.15, -0.1) is 0 Å². The lowest BCUT2D eigenvalue weighted by atomic mass is 10.1. The lowest BCUT2D eigenvalue weighted by Gasteiger charge is -2.29. The van der Waals surface area contributed by atoms with Gasteiger partial charge in [0, 0.05) is 29.3 Å². The Morgan fingerprint density at radius 1 is 1.22 bits per heavy atom. The monoisotopic (exact) mass is 438 g/mol. The second-order valence-electron chi connectivity index (χ2n) is 6.06. The number of aromatic nitrogens is 4. The van der Waals surface area contributed by atoms with Gasteiger partial charge >= 0.3 is 6.18 Å². The highest BCUT2D eigenvalue weighted by Crippen LogP contribution is 2.37. The molecule has 3 aromatic rings. The van der Waals surface area contributed by atoms with Gasteiger partial charge in [0.2, 0.25) is 5.95 Å². The Labute approximate surface area is 161 Å². The molecule has 1 aliphatic rings. The van der Waals surface area contributed by atoms with Crippen molar-refractivity contribution in [2.75, 3.05) is 16.8 Å². The van der Waals surface area contributed by atoms with Crippen molar-refractivity contribution in [1.82, 2.24) is 19.9 Å². The molecular weight excluding hydrogens is 425 g/mol. The molecule has 6 nitrogen and oxygen atoms in total. The third kappa shape index (κ3) is 3.75. The quantitative estimate of drug-likeness (QED) is 0.638. The minimum atomic E-state index is -4.54. The number of alkyl halides is 3. The van der Waals surface area contributed by atoms with Crippen molar-refractivity contribution in [3.63, 3.8) is 0 Å². The molecule has 0 saturated heterocycles. The molecule has 4 rings (SSSR count). The third-order valence-electron chi connectivity index (χ3n) is 4.23. The number of aromatic amines is 1. The largest absolute Gasteiger partial charge is 0.421 e. The smallest absolute Gasteiger partial charge is 0.350 e. The molecule has 0 atom stereocenters. The van der Waals surface area contributed by atoms with Crippen molar-refractivity contribution in [2.24, 2.45) is 0 Å². The van der Waals surface area contributed by atoms with E-state index in [0.717, 1.165) is 22.1 Å². The average Bonchev–Trinajstić information content (AvgIpc) is 3.08.